The molecule has 0 spiro atoms. The maximum atomic E-state index is 8.35. The lowest BCUT2D eigenvalue weighted by molar-refractivity contribution is 0.392. The van der Waals surface area contributed by atoms with Gasteiger partial charge in [-0.1, -0.05) is 5.16 Å². The summed E-state index contributed by atoms with van der Waals surface area (Å²) in [5.41, 5.74) is 1.98. The summed E-state index contributed by atoms with van der Waals surface area (Å²) in [5.74, 6) is 0.831. The van der Waals surface area contributed by atoms with Crippen LogP contribution >= 0.6 is 0 Å². The van der Waals surface area contributed by atoms with Crippen LogP contribution in [0.15, 0.2) is 4.52 Å². The van der Waals surface area contributed by atoms with Crippen molar-refractivity contribution in [1.29, 1.82) is 5.26 Å². The minimum atomic E-state index is 0.531. The molecule has 1 rings (SSSR count). The molecule has 11 heavy (non-hydrogen) atoms. The number of hydrogen-bond donors (Lipinski definition) is 0. The van der Waals surface area contributed by atoms with Gasteiger partial charge in [0, 0.05) is 12.0 Å². The summed E-state index contributed by atoms with van der Waals surface area (Å²) >= 11 is 0. The van der Waals surface area contributed by atoms with Gasteiger partial charge in [-0.05, 0) is 20.3 Å². The molecular formula is C8H10N2O. The Kier molecular flexibility index (Phi) is 2.27. The third-order valence-corrected chi connectivity index (χ3v) is 1.67. The van der Waals surface area contributed by atoms with E-state index in [2.05, 4.69) is 11.2 Å². The van der Waals surface area contributed by atoms with Crippen molar-refractivity contribution in [3.8, 4) is 6.07 Å². The number of rotatable bonds is 2. The number of aromatic nitrogens is 1. The Bertz CT molecular complexity index is 263. The van der Waals surface area contributed by atoms with Crippen molar-refractivity contribution in [3.05, 3.63) is 17.0 Å². The lowest BCUT2D eigenvalue weighted by Gasteiger charge is -1.91. The van der Waals surface area contributed by atoms with Crippen molar-refractivity contribution in [3.63, 3.8) is 0 Å². The van der Waals surface area contributed by atoms with Gasteiger partial charge in [-0.2, -0.15) is 5.26 Å². The van der Waals surface area contributed by atoms with Gasteiger partial charge in [0.1, 0.15) is 5.76 Å². The molecule has 0 N–H and O–H groups in total. The quantitative estimate of drug-likeness (QED) is 0.645. The SMILES string of the molecule is Cc1noc(C)c1CCC#N. The first-order valence-electron chi connectivity index (χ1n) is 3.54. The number of nitriles is 1. The van der Waals surface area contributed by atoms with Crippen molar-refractivity contribution in [2.45, 2.75) is 26.7 Å². The summed E-state index contributed by atoms with van der Waals surface area (Å²) < 4.78 is 4.93. The molecule has 3 heteroatoms. The van der Waals surface area contributed by atoms with E-state index in [0.717, 1.165) is 23.4 Å². The molecule has 0 saturated carbocycles. The zero-order chi connectivity index (χ0) is 8.27. The van der Waals surface area contributed by atoms with Gasteiger partial charge in [0.05, 0.1) is 11.8 Å². The summed E-state index contributed by atoms with van der Waals surface area (Å²) in [7, 11) is 0. The molecule has 0 radical (unpaired) electrons. The van der Waals surface area contributed by atoms with Crippen LogP contribution in [0.3, 0.4) is 0 Å². The summed E-state index contributed by atoms with van der Waals surface area (Å²) in [6.45, 7) is 3.76. The molecule has 0 bridgehead atoms. The molecule has 3 nitrogen and oxygen atoms in total. The van der Waals surface area contributed by atoms with E-state index < -0.39 is 0 Å². The highest BCUT2D eigenvalue weighted by atomic mass is 16.5. The molecule has 0 amide bonds. The van der Waals surface area contributed by atoms with Crippen molar-refractivity contribution >= 4 is 0 Å². The minimum absolute atomic E-state index is 0.531. The Morgan fingerprint density at radius 2 is 2.27 bits per heavy atom. The van der Waals surface area contributed by atoms with E-state index in [9.17, 15) is 0 Å². The lowest BCUT2D eigenvalue weighted by atomic mass is 10.1. The normalized spacial score (nSPS) is 9.55. The Balaban J connectivity index is 2.77. The molecule has 0 aliphatic carbocycles. The second kappa shape index (κ2) is 3.20. The summed E-state index contributed by atoms with van der Waals surface area (Å²) in [5, 5.41) is 12.1. The topological polar surface area (TPSA) is 49.8 Å². The fraction of sp³-hybridized carbons (Fsp3) is 0.500. The summed E-state index contributed by atoms with van der Waals surface area (Å²) in [4.78, 5) is 0. The zero-order valence-corrected chi connectivity index (χ0v) is 6.72. The van der Waals surface area contributed by atoms with Crippen LogP contribution in [0.2, 0.25) is 0 Å². The third-order valence-electron chi connectivity index (χ3n) is 1.67. The predicted octanol–water partition coefficient (Wildman–Crippen LogP) is 1.75. The van der Waals surface area contributed by atoms with Gasteiger partial charge < -0.3 is 4.52 Å². The molecule has 0 saturated heterocycles. The van der Waals surface area contributed by atoms with Crippen molar-refractivity contribution in [2.24, 2.45) is 0 Å². The number of hydrogen-bond acceptors (Lipinski definition) is 3. The first kappa shape index (κ1) is 7.80. The average Bonchev–Trinajstić information content (AvgIpc) is 2.29. The van der Waals surface area contributed by atoms with E-state index in [0.29, 0.717) is 6.42 Å². The summed E-state index contributed by atoms with van der Waals surface area (Å²) in [6.07, 6.45) is 1.28. The molecule has 0 aliphatic rings. The van der Waals surface area contributed by atoms with Gasteiger partial charge in [0.15, 0.2) is 0 Å². The minimum Gasteiger partial charge on any atom is -0.361 e. The maximum Gasteiger partial charge on any atom is 0.137 e. The standard InChI is InChI=1S/C8H10N2O/c1-6-8(4-3-5-9)7(2)11-10-6/h3-4H2,1-2H3. The first-order chi connectivity index (χ1) is 5.25. The fourth-order valence-electron chi connectivity index (χ4n) is 1.04. The Morgan fingerprint density at radius 1 is 1.55 bits per heavy atom. The third kappa shape index (κ3) is 1.58. The number of aryl methyl sites for hydroxylation is 2. The van der Waals surface area contributed by atoms with Crippen LogP contribution in [0.1, 0.15) is 23.4 Å². The Labute approximate surface area is 65.6 Å². The van der Waals surface area contributed by atoms with Gasteiger partial charge in [-0.3, -0.25) is 0 Å². The van der Waals surface area contributed by atoms with Crippen LogP contribution in [0, 0.1) is 25.2 Å². The van der Waals surface area contributed by atoms with E-state index in [-0.39, 0.29) is 0 Å². The largest absolute Gasteiger partial charge is 0.361 e. The smallest absolute Gasteiger partial charge is 0.137 e. The van der Waals surface area contributed by atoms with Crippen molar-refractivity contribution in [1.82, 2.24) is 5.16 Å². The van der Waals surface area contributed by atoms with Crippen LogP contribution in [0.25, 0.3) is 0 Å². The molecule has 0 aromatic carbocycles. The van der Waals surface area contributed by atoms with Gasteiger partial charge in [0.25, 0.3) is 0 Å². The molecule has 0 aliphatic heterocycles. The van der Waals surface area contributed by atoms with E-state index in [4.69, 9.17) is 9.78 Å². The van der Waals surface area contributed by atoms with Crippen LogP contribution in [-0.2, 0) is 6.42 Å². The highest BCUT2D eigenvalue weighted by Crippen LogP contribution is 2.13. The maximum absolute atomic E-state index is 8.35. The average molecular weight is 150 g/mol. The lowest BCUT2D eigenvalue weighted by Crippen LogP contribution is -1.86. The van der Waals surface area contributed by atoms with Crippen LogP contribution in [0.4, 0.5) is 0 Å². The van der Waals surface area contributed by atoms with Crippen LogP contribution < -0.4 is 0 Å². The summed E-state index contributed by atoms with van der Waals surface area (Å²) in [6, 6.07) is 2.09. The molecule has 1 aromatic rings. The molecule has 0 atom stereocenters. The second-order valence-corrected chi connectivity index (χ2v) is 2.46. The molecule has 1 heterocycles. The Morgan fingerprint density at radius 3 is 2.73 bits per heavy atom. The van der Waals surface area contributed by atoms with Crippen molar-refractivity contribution < 1.29 is 4.52 Å². The monoisotopic (exact) mass is 150 g/mol. The molecule has 1 aromatic heterocycles. The highest BCUT2D eigenvalue weighted by molar-refractivity contribution is 5.21. The van der Waals surface area contributed by atoms with E-state index in [1.807, 2.05) is 13.8 Å². The molecule has 0 unspecified atom stereocenters. The van der Waals surface area contributed by atoms with Crippen LogP contribution in [0.5, 0.6) is 0 Å². The van der Waals surface area contributed by atoms with E-state index in [1.54, 1.807) is 0 Å². The van der Waals surface area contributed by atoms with E-state index >= 15 is 0 Å². The van der Waals surface area contributed by atoms with Gasteiger partial charge in [0.2, 0.25) is 0 Å². The predicted molar refractivity (Wildman–Crippen MR) is 39.9 cm³/mol. The van der Waals surface area contributed by atoms with Gasteiger partial charge in [-0.15, -0.1) is 0 Å². The van der Waals surface area contributed by atoms with Gasteiger partial charge >= 0.3 is 0 Å². The second-order valence-electron chi connectivity index (χ2n) is 2.46. The number of nitrogens with zero attached hydrogens (tertiary/aromatic N) is 2. The Hall–Kier alpha value is -1.30. The van der Waals surface area contributed by atoms with E-state index in [1.165, 1.54) is 0 Å². The fourth-order valence-corrected chi connectivity index (χ4v) is 1.04. The van der Waals surface area contributed by atoms with Gasteiger partial charge in [-0.25, -0.2) is 0 Å². The first-order valence-corrected chi connectivity index (χ1v) is 3.54. The molecule has 0 fully saturated rings. The highest BCUT2D eigenvalue weighted by Gasteiger charge is 2.06. The zero-order valence-electron chi connectivity index (χ0n) is 6.72. The molecular weight excluding hydrogens is 140 g/mol. The van der Waals surface area contributed by atoms with Crippen LogP contribution in [-0.4, -0.2) is 5.16 Å². The molecule has 58 valence electrons. The van der Waals surface area contributed by atoms with Crippen molar-refractivity contribution in [2.75, 3.05) is 0 Å².